The second-order valence-corrected chi connectivity index (χ2v) is 7.08. The van der Waals surface area contributed by atoms with Gasteiger partial charge in [0.2, 0.25) is 0 Å². The Kier molecular flexibility index (Phi) is 5.74. The van der Waals surface area contributed by atoms with E-state index in [0.717, 1.165) is 38.0 Å². The van der Waals surface area contributed by atoms with Gasteiger partial charge >= 0.3 is 6.09 Å². The number of primary amides is 1. The third-order valence-electron chi connectivity index (χ3n) is 5.19. The van der Waals surface area contributed by atoms with Gasteiger partial charge in [0.25, 0.3) is 5.91 Å². The van der Waals surface area contributed by atoms with Crippen molar-refractivity contribution >= 4 is 12.0 Å². The molecule has 1 spiro atoms. The van der Waals surface area contributed by atoms with E-state index >= 15 is 0 Å². The smallest absolute Gasteiger partial charge is 0.410 e. The summed E-state index contributed by atoms with van der Waals surface area (Å²) in [6.45, 7) is 5.68. The van der Waals surface area contributed by atoms with Crippen LogP contribution in [0, 0.1) is 0 Å². The van der Waals surface area contributed by atoms with Crippen LogP contribution in [-0.4, -0.2) is 67.3 Å². The van der Waals surface area contributed by atoms with E-state index in [4.69, 9.17) is 19.9 Å². The number of nitrogens with two attached hydrogens (primary N) is 1. The second kappa shape index (κ2) is 8.04. The van der Waals surface area contributed by atoms with Gasteiger partial charge in [-0.1, -0.05) is 6.07 Å². The van der Waals surface area contributed by atoms with E-state index in [1.807, 2.05) is 19.1 Å². The predicted molar refractivity (Wildman–Crippen MR) is 98.7 cm³/mol. The van der Waals surface area contributed by atoms with Gasteiger partial charge < -0.3 is 24.8 Å². The van der Waals surface area contributed by atoms with Crippen LogP contribution in [0.2, 0.25) is 0 Å². The van der Waals surface area contributed by atoms with Crippen LogP contribution < -0.4 is 15.2 Å². The van der Waals surface area contributed by atoms with Crippen LogP contribution in [0.1, 0.15) is 25.3 Å². The first-order chi connectivity index (χ1) is 12.9. The van der Waals surface area contributed by atoms with E-state index in [9.17, 15) is 9.59 Å². The molecule has 0 atom stereocenters. The molecule has 0 unspecified atom stereocenters. The topological polar surface area (TPSA) is 94.3 Å². The monoisotopic (exact) mass is 377 g/mol. The van der Waals surface area contributed by atoms with Crippen molar-refractivity contribution in [3.8, 4) is 11.5 Å². The summed E-state index contributed by atoms with van der Waals surface area (Å²) in [5.41, 5.74) is 5.88. The van der Waals surface area contributed by atoms with Crippen molar-refractivity contribution in [1.82, 2.24) is 9.80 Å². The molecule has 1 aromatic carbocycles. The molecular weight excluding hydrogens is 350 g/mol. The highest BCUT2D eigenvalue weighted by molar-refractivity contribution is 5.75. The number of nitrogens with zero attached hydrogens (tertiary/aromatic N) is 2. The summed E-state index contributed by atoms with van der Waals surface area (Å²) in [7, 11) is 1.56. The predicted octanol–water partition coefficient (Wildman–Crippen LogP) is 1.37. The molecule has 148 valence electrons. The summed E-state index contributed by atoms with van der Waals surface area (Å²) >= 11 is 0. The molecule has 2 N–H and O–H groups in total. The number of hydrogen-bond donors (Lipinski definition) is 1. The molecule has 2 aliphatic heterocycles. The van der Waals surface area contributed by atoms with Crippen LogP contribution in [0.15, 0.2) is 18.2 Å². The van der Waals surface area contributed by atoms with Gasteiger partial charge in [0.15, 0.2) is 18.1 Å². The Morgan fingerprint density at radius 3 is 2.63 bits per heavy atom. The average molecular weight is 377 g/mol. The van der Waals surface area contributed by atoms with Crippen molar-refractivity contribution in [2.75, 3.05) is 39.9 Å². The van der Waals surface area contributed by atoms with Gasteiger partial charge in [-0.3, -0.25) is 9.69 Å². The maximum Gasteiger partial charge on any atom is 0.410 e. The van der Waals surface area contributed by atoms with Crippen molar-refractivity contribution < 1.29 is 23.8 Å². The van der Waals surface area contributed by atoms with E-state index < -0.39 is 5.91 Å². The summed E-state index contributed by atoms with van der Waals surface area (Å²) in [6.07, 6.45) is 1.49. The summed E-state index contributed by atoms with van der Waals surface area (Å²) in [5.74, 6) is 0.540. The molecule has 2 saturated heterocycles. The molecule has 0 aromatic heterocycles. The van der Waals surface area contributed by atoms with Crippen LogP contribution in [0.4, 0.5) is 4.79 Å². The maximum atomic E-state index is 11.9. The zero-order valence-corrected chi connectivity index (χ0v) is 15.9. The molecule has 8 nitrogen and oxygen atoms in total. The summed E-state index contributed by atoms with van der Waals surface area (Å²) in [6, 6.07) is 5.66. The van der Waals surface area contributed by atoms with Crippen LogP contribution in [0.25, 0.3) is 0 Å². The molecule has 0 bridgehead atoms. The molecule has 2 aliphatic rings. The van der Waals surface area contributed by atoms with Gasteiger partial charge in [0.1, 0.15) is 5.60 Å². The zero-order valence-electron chi connectivity index (χ0n) is 15.9. The van der Waals surface area contributed by atoms with Gasteiger partial charge in [-0.2, -0.15) is 0 Å². The lowest BCUT2D eigenvalue weighted by Crippen LogP contribution is -2.46. The van der Waals surface area contributed by atoms with Gasteiger partial charge in [-0.15, -0.1) is 0 Å². The number of likely N-dealkylation sites (tertiary alicyclic amines) is 1. The Morgan fingerprint density at radius 1 is 1.30 bits per heavy atom. The number of likely N-dealkylation sites (N-methyl/N-ethyl adjacent to an activating group) is 1. The number of carbonyl (C=O) groups is 2. The Balaban J connectivity index is 1.57. The number of amides is 2. The number of carbonyl (C=O) groups excluding carboxylic acids is 2. The zero-order chi connectivity index (χ0) is 19.4. The van der Waals surface area contributed by atoms with Gasteiger partial charge in [-0.05, 0) is 24.6 Å². The van der Waals surface area contributed by atoms with Crippen LogP contribution in [-0.2, 0) is 16.1 Å². The number of ether oxygens (including phenoxy) is 3. The Hall–Kier alpha value is -2.48. The first kappa shape index (κ1) is 19.3. The van der Waals surface area contributed by atoms with E-state index in [2.05, 4.69) is 4.90 Å². The molecule has 0 saturated carbocycles. The normalized spacial score (nSPS) is 19.2. The lowest BCUT2D eigenvalue weighted by molar-refractivity contribution is -0.119. The van der Waals surface area contributed by atoms with E-state index in [0.29, 0.717) is 24.6 Å². The molecule has 3 rings (SSSR count). The van der Waals surface area contributed by atoms with E-state index in [-0.39, 0.29) is 18.3 Å². The SMILES string of the molecule is CCN1CC2(CCN(Cc3ccc(OCC(N)=O)c(OC)c3)CC2)OC1=O. The van der Waals surface area contributed by atoms with Crippen molar-refractivity contribution in [3.05, 3.63) is 23.8 Å². The lowest BCUT2D eigenvalue weighted by Gasteiger charge is -2.37. The molecule has 2 fully saturated rings. The maximum absolute atomic E-state index is 11.9. The first-order valence-corrected chi connectivity index (χ1v) is 9.23. The molecule has 8 heteroatoms. The van der Waals surface area contributed by atoms with E-state index in [1.165, 1.54) is 0 Å². The second-order valence-electron chi connectivity index (χ2n) is 7.08. The summed E-state index contributed by atoms with van der Waals surface area (Å²) in [5, 5.41) is 0. The Morgan fingerprint density at radius 2 is 2.04 bits per heavy atom. The number of methoxy groups -OCH3 is 1. The molecular formula is C19H27N3O5. The summed E-state index contributed by atoms with van der Waals surface area (Å²) < 4.78 is 16.4. The Labute approximate surface area is 159 Å². The molecule has 1 aromatic rings. The minimum absolute atomic E-state index is 0.183. The lowest BCUT2D eigenvalue weighted by atomic mass is 9.91. The highest BCUT2D eigenvalue weighted by atomic mass is 16.6. The fraction of sp³-hybridized carbons (Fsp3) is 0.579. The molecule has 27 heavy (non-hydrogen) atoms. The third-order valence-corrected chi connectivity index (χ3v) is 5.19. The number of rotatable bonds is 7. The van der Waals surface area contributed by atoms with Crippen molar-refractivity contribution in [2.45, 2.75) is 31.9 Å². The largest absolute Gasteiger partial charge is 0.493 e. The minimum Gasteiger partial charge on any atom is -0.493 e. The summed E-state index contributed by atoms with van der Waals surface area (Å²) in [4.78, 5) is 26.9. The first-order valence-electron chi connectivity index (χ1n) is 9.23. The van der Waals surface area contributed by atoms with Crippen molar-refractivity contribution in [2.24, 2.45) is 5.73 Å². The van der Waals surface area contributed by atoms with Crippen LogP contribution in [0.5, 0.6) is 11.5 Å². The molecule has 0 radical (unpaired) electrons. The highest BCUT2D eigenvalue weighted by Gasteiger charge is 2.46. The van der Waals surface area contributed by atoms with Gasteiger partial charge in [0.05, 0.1) is 13.7 Å². The van der Waals surface area contributed by atoms with E-state index in [1.54, 1.807) is 18.1 Å². The molecule has 0 aliphatic carbocycles. The number of hydrogen-bond acceptors (Lipinski definition) is 6. The minimum atomic E-state index is -0.530. The van der Waals surface area contributed by atoms with Gasteiger partial charge in [-0.25, -0.2) is 4.79 Å². The molecule has 2 heterocycles. The van der Waals surface area contributed by atoms with Crippen molar-refractivity contribution in [3.63, 3.8) is 0 Å². The van der Waals surface area contributed by atoms with Crippen LogP contribution in [0.3, 0.4) is 0 Å². The fourth-order valence-corrected chi connectivity index (χ4v) is 3.65. The molecule has 2 amide bonds. The highest BCUT2D eigenvalue weighted by Crippen LogP contribution is 2.34. The number of benzene rings is 1. The quantitative estimate of drug-likeness (QED) is 0.771. The third kappa shape index (κ3) is 4.44. The van der Waals surface area contributed by atoms with Crippen molar-refractivity contribution in [1.29, 1.82) is 0 Å². The van der Waals surface area contributed by atoms with Gasteiger partial charge in [0, 0.05) is 39.0 Å². The Bertz CT molecular complexity index is 701. The average Bonchev–Trinajstić information content (AvgIpc) is 2.97. The number of piperidine rings is 1. The fourth-order valence-electron chi connectivity index (χ4n) is 3.65. The standard InChI is InChI=1S/C19H27N3O5/c1-3-22-13-19(27-18(22)24)6-8-21(9-7-19)11-14-4-5-15(16(10-14)25-2)26-12-17(20)23/h4-5,10H,3,6-9,11-13H2,1-2H3,(H2,20,23). The van der Waals surface area contributed by atoms with Crippen LogP contribution >= 0.6 is 0 Å².